The third-order valence-corrected chi connectivity index (χ3v) is 3.90. The summed E-state index contributed by atoms with van der Waals surface area (Å²) in [5.41, 5.74) is -0.433. The number of carbonyl (C=O) groups is 1. The molecule has 1 saturated heterocycles. The zero-order valence-electron chi connectivity index (χ0n) is 8.53. The molecule has 1 amide bonds. The van der Waals surface area contributed by atoms with Crippen molar-refractivity contribution in [2.45, 2.75) is 12.5 Å². The lowest BCUT2D eigenvalue weighted by Gasteiger charge is -2.37. The van der Waals surface area contributed by atoms with Gasteiger partial charge >= 0.3 is 9.24 Å². The van der Waals surface area contributed by atoms with Gasteiger partial charge in [-0.3, -0.25) is 4.79 Å². The van der Waals surface area contributed by atoms with E-state index >= 15 is 0 Å². The van der Waals surface area contributed by atoms with E-state index in [1.165, 1.54) is 0 Å². The zero-order valence-corrected chi connectivity index (χ0v) is 10.1. The van der Waals surface area contributed by atoms with Gasteiger partial charge in [-0.1, -0.05) is 0 Å². The van der Waals surface area contributed by atoms with Crippen LogP contribution in [-0.4, -0.2) is 18.6 Å². The van der Waals surface area contributed by atoms with Crippen LogP contribution >= 0.6 is 10.7 Å². The second-order valence-electron chi connectivity index (χ2n) is 3.64. The lowest BCUT2D eigenvalue weighted by atomic mass is 9.96. The lowest BCUT2D eigenvalue weighted by molar-refractivity contribution is -0.137. The van der Waals surface area contributed by atoms with Gasteiger partial charge in [0.15, 0.2) is 11.6 Å². The molecule has 1 fully saturated rings. The minimum atomic E-state index is -4.38. The van der Waals surface area contributed by atoms with Gasteiger partial charge in [-0.05, 0) is 6.07 Å². The first-order valence-electron chi connectivity index (χ1n) is 4.63. The smallest absolute Gasteiger partial charge is 0.274 e. The van der Waals surface area contributed by atoms with Gasteiger partial charge in [-0.2, -0.15) is 8.42 Å². The number of hydrogen-bond donors (Lipinski definition) is 0. The van der Waals surface area contributed by atoms with Gasteiger partial charge in [0.05, 0.1) is 12.5 Å². The van der Waals surface area contributed by atoms with Crippen LogP contribution in [0, 0.1) is 17.5 Å². The van der Waals surface area contributed by atoms with E-state index in [9.17, 15) is 26.4 Å². The summed E-state index contributed by atoms with van der Waals surface area (Å²) in [6, 6.07) is -0.446. The molecule has 1 atom stereocenters. The van der Waals surface area contributed by atoms with Gasteiger partial charge in [0, 0.05) is 22.3 Å². The van der Waals surface area contributed by atoms with Crippen molar-refractivity contribution >= 4 is 25.8 Å². The predicted octanol–water partition coefficient (Wildman–Crippen LogP) is 1.86. The molecule has 0 N–H and O–H groups in total. The molecule has 0 bridgehead atoms. The number of β-lactam (4-membered cyclic amide) rings is 1. The molecule has 0 radical (unpaired) electrons. The van der Waals surface area contributed by atoms with Crippen LogP contribution in [-0.2, 0) is 14.0 Å². The molecule has 1 unspecified atom stereocenters. The normalized spacial score (nSPS) is 19.9. The molecule has 0 aromatic heterocycles. The first-order valence-corrected chi connectivity index (χ1v) is 6.89. The zero-order chi connectivity index (χ0) is 13.7. The van der Waals surface area contributed by atoms with Crippen LogP contribution in [0.25, 0.3) is 0 Å². The Morgan fingerprint density at radius 2 is 1.72 bits per heavy atom. The van der Waals surface area contributed by atoms with Crippen molar-refractivity contribution in [1.82, 2.24) is 4.31 Å². The van der Waals surface area contributed by atoms with Gasteiger partial charge in [0.2, 0.25) is 5.91 Å². The van der Waals surface area contributed by atoms with Crippen molar-refractivity contribution in [2.24, 2.45) is 0 Å². The standard InChI is InChI=1S/C9H5ClF3NO3S/c10-18(16,17)14-8(3-9(14)15)4-1-6(12)7(13)2-5(4)11/h1-2,8H,3H2. The summed E-state index contributed by atoms with van der Waals surface area (Å²) in [5, 5.41) is 0. The molecule has 98 valence electrons. The summed E-state index contributed by atoms with van der Waals surface area (Å²) in [5.74, 6) is -4.71. The molecule has 1 heterocycles. The average molecular weight is 300 g/mol. The SMILES string of the molecule is O=C1CC(c2cc(F)c(F)cc2F)N1S(=O)(=O)Cl. The number of hydrogen-bond acceptors (Lipinski definition) is 3. The Morgan fingerprint density at radius 1 is 1.17 bits per heavy atom. The summed E-state index contributed by atoms with van der Waals surface area (Å²) < 4.78 is 61.4. The lowest BCUT2D eigenvalue weighted by Crippen LogP contribution is -2.48. The van der Waals surface area contributed by atoms with Crippen LogP contribution in [0.15, 0.2) is 12.1 Å². The van der Waals surface area contributed by atoms with E-state index in [1.54, 1.807) is 0 Å². The summed E-state index contributed by atoms with van der Waals surface area (Å²) >= 11 is 0. The summed E-state index contributed by atoms with van der Waals surface area (Å²) in [6.45, 7) is 0. The number of rotatable bonds is 2. The molecule has 2 rings (SSSR count). The maximum atomic E-state index is 13.4. The van der Waals surface area contributed by atoms with Gasteiger partial charge in [0.25, 0.3) is 0 Å². The highest BCUT2D eigenvalue weighted by molar-refractivity contribution is 8.12. The molecule has 0 spiro atoms. The molecule has 0 aliphatic carbocycles. The van der Waals surface area contributed by atoms with E-state index in [4.69, 9.17) is 10.7 Å². The first kappa shape index (κ1) is 13.2. The molecular weight excluding hydrogens is 295 g/mol. The van der Waals surface area contributed by atoms with E-state index < -0.39 is 44.2 Å². The van der Waals surface area contributed by atoms with Crippen LogP contribution in [0.3, 0.4) is 0 Å². The second-order valence-corrected chi connectivity index (χ2v) is 6.03. The molecule has 1 aromatic carbocycles. The van der Waals surface area contributed by atoms with Gasteiger partial charge in [-0.25, -0.2) is 17.5 Å². The molecule has 4 nitrogen and oxygen atoms in total. The van der Waals surface area contributed by atoms with Gasteiger partial charge < -0.3 is 0 Å². The van der Waals surface area contributed by atoms with E-state index in [-0.39, 0.29) is 16.8 Å². The van der Waals surface area contributed by atoms with Crippen molar-refractivity contribution in [3.63, 3.8) is 0 Å². The largest absolute Gasteiger partial charge is 0.324 e. The second kappa shape index (κ2) is 4.13. The highest BCUT2D eigenvalue weighted by Crippen LogP contribution is 2.39. The predicted molar refractivity (Wildman–Crippen MR) is 55.3 cm³/mol. The van der Waals surface area contributed by atoms with Crippen LogP contribution in [0.2, 0.25) is 0 Å². The van der Waals surface area contributed by atoms with Crippen LogP contribution < -0.4 is 0 Å². The van der Waals surface area contributed by atoms with Crippen molar-refractivity contribution in [3.05, 3.63) is 35.1 Å². The Bertz CT molecular complexity index is 634. The Hall–Kier alpha value is -1.28. The quantitative estimate of drug-likeness (QED) is 0.476. The molecular formula is C9H5ClF3NO3S. The molecule has 1 aromatic rings. The number of halogens is 4. The fraction of sp³-hybridized carbons (Fsp3) is 0.222. The van der Waals surface area contributed by atoms with Crippen molar-refractivity contribution < 1.29 is 26.4 Å². The fourth-order valence-corrected chi connectivity index (χ4v) is 3.03. The van der Waals surface area contributed by atoms with Crippen molar-refractivity contribution in [3.8, 4) is 0 Å². The Labute approximate surface area is 105 Å². The average Bonchev–Trinajstić information content (AvgIpc) is 2.17. The van der Waals surface area contributed by atoms with Gasteiger partial charge in [-0.15, -0.1) is 0 Å². The first-order chi connectivity index (χ1) is 8.21. The fourth-order valence-electron chi connectivity index (χ4n) is 1.70. The maximum Gasteiger partial charge on any atom is 0.324 e. The van der Waals surface area contributed by atoms with Crippen LogP contribution in [0.4, 0.5) is 13.2 Å². The number of nitrogens with zero attached hydrogens (tertiary/aromatic N) is 1. The minimum Gasteiger partial charge on any atom is -0.274 e. The number of benzene rings is 1. The molecule has 1 aliphatic heterocycles. The number of amides is 1. The monoisotopic (exact) mass is 299 g/mol. The minimum absolute atomic E-state index is 0.227. The van der Waals surface area contributed by atoms with Crippen molar-refractivity contribution in [1.29, 1.82) is 0 Å². The van der Waals surface area contributed by atoms with Crippen molar-refractivity contribution in [2.75, 3.05) is 0 Å². The maximum absolute atomic E-state index is 13.4. The Balaban J connectivity index is 2.45. The Kier molecular flexibility index (Phi) is 3.02. The summed E-state index contributed by atoms with van der Waals surface area (Å²) in [7, 11) is 0.606. The molecule has 0 saturated carbocycles. The third-order valence-electron chi connectivity index (χ3n) is 2.53. The molecule has 1 aliphatic rings. The topological polar surface area (TPSA) is 54.5 Å². The third kappa shape index (κ3) is 2.05. The Morgan fingerprint density at radius 3 is 2.22 bits per heavy atom. The van der Waals surface area contributed by atoms with E-state index in [1.807, 2.05) is 0 Å². The van der Waals surface area contributed by atoms with E-state index in [0.29, 0.717) is 6.07 Å². The number of carbonyl (C=O) groups excluding carboxylic acids is 1. The highest BCUT2D eigenvalue weighted by atomic mass is 35.7. The summed E-state index contributed by atoms with van der Waals surface area (Å²) in [4.78, 5) is 11.1. The molecule has 18 heavy (non-hydrogen) atoms. The van der Waals surface area contributed by atoms with Crippen LogP contribution in [0.1, 0.15) is 18.0 Å². The highest BCUT2D eigenvalue weighted by Gasteiger charge is 2.45. The summed E-state index contributed by atoms with van der Waals surface area (Å²) in [6.07, 6.45) is -0.339. The van der Waals surface area contributed by atoms with Crippen LogP contribution in [0.5, 0.6) is 0 Å². The van der Waals surface area contributed by atoms with E-state index in [0.717, 1.165) is 0 Å². The van der Waals surface area contributed by atoms with Gasteiger partial charge in [0.1, 0.15) is 5.82 Å². The molecule has 9 heteroatoms. The van der Waals surface area contributed by atoms with E-state index in [2.05, 4.69) is 0 Å².